The van der Waals surface area contributed by atoms with E-state index in [2.05, 4.69) is 4.37 Å². The lowest BCUT2D eigenvalue weighted by molar-refractivity contribution is 0.608. The summed E-state index contributed by atoms with van der Waals surface area (Å²) in [7, 11) is 1.89. The summed E-state index contributed by atoms with van der Waals surface area (Å²) in [5.74, 6) is 0.312. The van der Waals surface area contributed by atoms with Gasteiger partial charge in [0.1, 0.15) is 16.6 Å². The Kier molecular flexibility index (Phi) is 3.05. The van der Waals surface area contributed by atoms with E-state index in [9.17, 15) is 4.39 Å². The second-order valence-electron chi connectivity index (χ2n) is 3.54. The molecule has 2 aromatic rings. The van der Waals surface area contributed by atoms with Gasteiger partial charge in [-0.25, -0.2) is 4.39 Å². The van der Waals surface area contributed by atoms with Crippen LogP contribution in [-0.2, 0) is 6.54 Å². The average molecular weight is 237 g/mol. The molecule has 1 aromatic carbocycles. The van der Waals surface area contributed by atoms with Crippen molar-refractivity contribution in [3.05, 3.63) is 41.7 Å². The minimum Gasteiger partial charge on any atom is -0.383 e. The molecule has 0 saturated heterocycles. The number of anilines is 2. The van der Waals surface area contributed by atoms with Gasteiger partial charge in [0.05, 0.1) is 0 Å². The summed E-state index contributed by atoms with van der Waals surface area (Å²) < 4.78 is 17.4. The highest BCUT2D eigenvalue weighted by Crippen LogP contribution is 2.23. The normalized spacial score (nSPS) is 10.4. The van der Waals surface area contributed by atoms with E-state index in [0.717, 1.165) is 5.00 Å². The first kappa shape index (κ1) is 10.9. The summed E-state index contributed by atoms with van der Waals surface area (Å²) in [6.07, 6.45) is 0. The van der Waals surface area contributed by atoms with E-state index in [1.165, 1.54) is 17.6 Å². The van der Waals surface area contributed by atoms with E-state index >= 15 is 0 Å². The number of hydrogen-bond donors (Lipinski definition) is 1. The summed E-state index contributed by atoms with van der Waals surface area (Å²) in [4.78, 5) is 1.92. The molecule has 0 aliphatic rings. The fourth-order valence-corrected chi connectivity index (χ4v) is 2.05. The lowest BCUT2D eigenvalue weighted by Crippen LogP contribution is -2.15. The first-order chi connectivity index (χ1) is 7.66. The van der Waals surface area contributed by atoms with E-state index in [1.807, 2.05) is 18.0 Å². The third-order valence-corrected chi connectivity index (χ3v) is 3.18. The van der Waals surface area contributed by atoms with E-state index in [4.69, 9.17) is 5.73 Å². The van der Waals surface area contributed by atoms with Crippen LogP contribution >= 0.6 is 11.5 Å². The molecule has 0 radical (unpaired) electrons. The van der Waals surface area contributed by atoms with Crippen LogP contribution in [0.5, 0.6) is 0 Å². The van der Waals surface area contributed by atoms with Crippen molar-refractivity contribution >= 4 is 22.4 Å². The topological polar surface area (TPSA) is 42.1 Å². The number of rotatable bonds is 3. The highest BCUT2D eigenvalue weighted by atomic mass is 32.1. The van der Waals surface area contributed by atoms with Crippen LogP contribution in [0.3, 0.4) is 0 Å². The molecule has 2 N–H and O–H groups in total. The molecule has 0 spiro atoms. The number of aromatic nitrogens is 1. The maximum atomic E-state index is 13.4. The molecule has 84 valence electrons. The Bertz CT molecular complexity index is 484. The lowest BCUT2D eigenvalue weighted by atomic mass is 10.2. The van der Waals surface area contributed by atoms with Crippen LogP contribution in [-0.4, -0.2) is 11.4 Å². The van der Waals surface area contributed by atoms with Crippen molar-refractivity contribution in [1.29, 1.82) is 0 Å². The lowest BCUT2D eigenvalue weighted by Gasteiger charge is -2.16. The van der Waals surface area contributed by atoms with Crippen LogP contribution in [0, 0.1) is 5.82 Å². The zero-order valence-electron chi connectivity index (χ0n) is 8.85. The number of hydrogen-bond acceptors (Lipinski definition) is 4. The molecule has 5 heteroatoms. The molecule has 0 atom stereocenters. The molecule has 16 heavy (non-hydrogen) atoms. The SMILES string of the molecule is CN(Cc1ccccc1F)c1cc(N)ns1. The second-order valence-corrected chi connectivity index (χ2v) is 4.32. The molecule has 0 aliphatic heterocycles. The largest absolute Gasteiger partial charge is 0.383 e. The van der Waals surface area contributed by atoms with Crippen molar-refractivity contribution in [3.8, 4) is 0 Å². The fourth-order valence-electron chi connectivity index (χ4n) is 1.42. The van der Waals surface area contributed by atoms with Crippen molar-refractivity contribution in [2.24, 2.45) is 0 Å². The molecular formula is C11H12FN3S. The van der Waals surface area contributed by atoms with Crippen molar-refractivity contribution in [2.75, 3.05) is 17.7 Å². The Morgan fingerprint density at radius 1 is 1.44 bits per heavy atom. The zero-order valence-corrected chi connectivity index (χ0v) is 9.67. The average Bonchev–Trinajstić information content (AvgIpc) is 2.68. The Hall–Kier alpha value is -1.62. The maximum absolute atomic E-state index is 13.4. The van der Waals surface area contributed by atoms with Gasteiger partial charge in [-0.1, -0.05) is 18.2 Å². The monoisotopic (exact) mass is 237 g/mol. The van der Waals surface area contributed by atoms with Crippen LogP contribution in [0.1, 0.15) is 5.56 Å². The van der Waals surface area contributed by atoms with Crippen molar-refractivity contribution in [3.63, 3.8) is 0 Å². The summed E-state index contributed by atoms with van der Waals surface area (Å²) in [5, 5.41) is 0.931. The Morgan fingerprint density at radius 3 is 2.81 bits per heavy atom. The molecule has 0 unspecified atom stereocenters. The predicted octanol–water partition coefficient (Wildman–Crippen LogP) is 2.50. The number of benzene rings is 1. The van der Waals surface area contributed by atoms with Gasteiger partial charge < -0.3 is 10.6 Å². The first-order valence-electron chi connectivity index (χ1n) is 4.83. The van der Waals surface area contributed by atoms with Gasteiger partial charge in [-0.2, -0.15) is 4.37 Å². The molecule has 0 aliphatic carbocycles. The van der Waals surface area contributed by atoms with Crippen molar-refractivity contribution in [2.45, 2.75) is 6.54 Å². The van der Waals surface area contributed by atoms with Gasteiger partial charge in [-0.15, -0.1) is 0 Å². The van der Waals surface area contributed by atoms with Crippen LogP contribution in [0.2, 0.25) is 0 Å². The van der Waals surface area contributed by atoms with Crippen molar-refractivity contribution < 1.29 is 4.39 Å². The van der Waals surface area contributed by atoms with E-state index < -0.39 is 0 Å². The van der Waals surface area contributed by atoms with Gasteiger partial charge in [0, 0.05) is 25.2 Å². The summed E-state index contributed by atoms with van der Waals surface area (Å²) in [6.45, 7) is 0.508. The quantitative estimate of drug-likeness (QED) is 0.891. The standard InChI is InChI=1S/C11H12FN3S/c1-15(11-6-10(13)14-16-11)7-8-4-2-3-5-9(8)12/h2-6H,7H2,1H3,(H2,13,14). The van der Waals surface area contributed by atoms with Crippen LogP contribution < -0.4 is 10.6 Å². The Labute approximate surface area is 97.5 Å². The number of nitrogens with two attached hydrogens (primary N) is 1. The Balaban J connectivity index is 2.13. The Morgan fingerprint density at radius 2 is 2.19 bits per heavy atom. The van der Waals surface area contributed by atoms with Gasteiger partial charge in [0.25, 0.3) is 0 Å². The molecule has 0 bridgehead atoms. The summed E-state index contributed by atoms with van der Waals surface area (Å²) in [6, 6.07) is 8.53. The molecule has 1 heterocycles. The molecule has 3 nitrogen and oxygen atoms in total. The molecule has 0 amide bonds. The van der Waals surface area contributed by atoms with Gasteiger partial charge in [0.15, 0.2) is 0 Å². The van der Waals surface area contributed by atoms with E-state index in [-0.39, 0.29) is 5.82 Å². The third kappa shape index (κ3) is 2.30. The molecule has 1 aromatic heterocycles. The maximum Gasteiger partial charge on any atom is 0.139 e. The van der Waals surface area contributed by atoms with Crippen LogP contribution in [0.4, 0.5) is 15.2 Å². The molecule has 0 fully saturated rings. The fraction of sp³-hybridized carbons (Fsp3) is 0.182. The smallest absolute Gasteiger partial charge is 0.139 e. The minimum absolute atomic E-state index is 0.188. The second kappa shape index (κ2) is 4.49. The van der Waals surface area contributed by atoms with Gasteiger partial charge >= 0.3 is 0 Å². The van der Waals surface area contributed by atoms with Gasteiger partial charge in [-0.3, -0.25) is 0 Å². The van der Waals surface area contributed by atoms with Gasteiger partial charge in [-0.05, 0) is 17.6 Å². The van der Waals surface area contributed by atoms with Crippen molar-refractivity contribution in [1.82, 2.24) is 4.37 Å². The van der Waals surface area contributed by atoms with E-state index in [0.29, 0.717) is 17.9 Å². The highest BCUT2D eigenvalue weighted by Gasteiger charge is 2.08. The predicted molar refractivity (Wildman–Crippen MR) is 65.0 cm³/mol. The summed E-state index contributed by atoms with van der Waals surface area (Å²) in [5.41, 5.74) is 6.20. The number of nitrogens with zero attached hydrogens (tertiary/aromatic N) is 2. The first-order valence-corrected chi connectivity index (χ1v) is 5.61. The highest BCUT2D eigenvalue weighted by molar-refractivity contribution is 7.10. The van der Waals surface area contributed by atoms with E-state index in [1.54, 1.807) is 18.2 Å². The third-order valence-electron chi connectivity index (χ3n) is 2.26. The number of halogens is 1. The van der Waals surface area contributed by atoms with Crippen LogP contribution in [0.15, 0.2) is 30.3 Å². The molecule has 0 saturated carbocycles. The molecular weight excluding hydrogens is 225 g/mol. The minimum atomic E-state index is -0.188. The van der Waals surface area contributed by atoms with Crippen LogP contribution in [0.25, 0.3) is 0 Å². The molecule has 2 rings (SSSR count). The summed E-state index contributed by atoms with van der Waals surface area (Å²) >= 11 is 1.31. The zero-order chi connectivity index (χ0) is 11.5. The van der Waals surface area contributed by atoms with Gasteiger partial charge in [0.2, 0.25) is 0 Å². The number of nitrogen functional groups attached to an aromatic ring is 1.